The second-order valence-electron chi connectivity index (χ2n) is 3.12. The van der Waals surface area contributed by atoms with E-state index in [0.717, 1.165) is 32.4 Å². The Balaban J connectivity index is 2.28. The van der Waals surface area contributed by atoms with Crippen LogP contribution in [0, 0.1) is 5.92 Å². The van der Waals surface area contributed by atoms with Gasteiger partial charge in [0.25, 0.3) is 0 Å². The highest BCUT2D eigenvalue weighted by Gasteiger charge is 2.14. The van der Waals surface area contributed by atoms with Crippen molar-refractivity contribution in [1.82, 2.24) is 5.32 Å². The van der Waals surface area contributed by atoms with E-state index in [4.69, 9.17) is 5.73 Å². The zero-order valence-corrected chi connectivity index (χ0v) is 6.81. The Kier molecular flexibility index (Phi) is 3.36. The molecule has 0 aliphatic carbocycles. The molecule has 1 rings (SSSR count). The lowest BCUT2D eigenvalue weighted by atomic mass is 9.97. The summed E-state index contributed by atoms with van der Waals surface area (Å²) < 4.78 is 0. The molecule has 0 spiro atoms. The van der Waals surface area contributed by atoms with Gasteiger partial charge in [-0.1, -0.05) is 0 Å². The lowest BCUT2D eigenvalue weighted by molar-refractivity contribution is -0.120. The highest BCUT2D eigenvalue weighted by Crippen LogP contribution is 2.16. The summed E-state index contributed by atoms with van der Waals surface area (Å²) in [5.41, 5.74) is 5.44. The maximum atomic E-state index is 10.9. The van der Waals surface area contributed by atoms with E-state index in [-0.39, 0.29) is 5.91 Å². The Morgan fingerprint density at radius 2 is 2.36 bits per heavy atom. The SMILES string of the molecule is NCC[C@H]1CCNC(=O)CC1. The van der Waals surface area contributed by atoms with Crippen molar-refractivity contribution in [1.29, 1.82) is 0 Å². The van der Waals surface area contributed by atoms with Crippen molar-refractivity contribution < 1.29 is 4.79 Å². The van der Waals surface area contributed by atoms with E-state index in [1.54, 1.807) is 0 Å². The molecule has 1 fully saturated rings. The number of nitrogens with one attached hydrogen (secondary N) is 1. The largest absolute Gasteiger partial charge is 0.356 e. The fourth-order valence-corrected chi connectivity index (χ4v) is 1.51. The van der Waals surface area contributed by atoms with Crippen LogP contribution in [0.5, 0.6) is 0 Å². The van der Waals surface area contributed by atoms with Gasteiger partial charge in [0.15, 0.2) is 0 Å². The first kappa shape index (κ1) is 8.53. The molecule has 64 valence electrons. The molecule has 11 heavy (non-hydrogen) atoms. The molecule has 1 heterocycles. The minimum absolute atomic E-state index is 0.199. The normalized spacial score (nSPS) is 25.9. The van der Waals surface area contributed by atoms with Gasteiger partial charge in [-0.05, 0) is 31.7 Å². The van der Waals surface area contributed by atoms with Crippen LogP contribution in [-0.2, 0) is 4.79 Å². The molecule has 3 N–H and O–H groups in total. The van der Waals surface area contributed by atoms with Crippen LogP contribution in [0.15, 0.2) is 0 Å². The van der Waals surface area contributed by atoms with Crippen LogP contribution < -0.4 is 11.1 Å². The Morgan fingerprint density at radius 3 is 3.09 bits per heavy atom. The number of amides is 1. The van der Waals surface area contributed by atoms with E-state index in [2.05, 4.69) is 5.32 Å². The van der Waals surface area contributed by atoms with Crippen molar-refractivity contribution in [3.63, 3.8) is 0 Å². The number of hydrogen-bond acceptors (Lipinski definition) is 2. The van der Waals surface area contributed by atoms with Gasteiger partial charge in [-0.3, -0.25) is 4.79 Å². The molecule has 0 aromatic rings. The van der Waals surface area contributed by atoms with E-state index < -0.39 is 0 Å². The average Bonchev–Trinajstić information content (AvgIpc) is 2.17. The first-order valence-corrected chi connectivity index (χ1v) is 4.29. The summed E-state index contributed by atoms with van der Waals surface area (Å²) in [7, 11) is 0. The summed E-state index contributed by atoms with van der Waals surface area (Å²) in [6.07, 6.45) is 3.87. The predicted molar refractivity (Wildman–Crippen MR) is 44.0 cm³/mol. The molecule has 3 heteroatoms. The van der Waals surface area contributed by atoms with Crippen LogP contribution in [0.1, 0.15) is 25.7 Å². The summed E-state index contributed by atoms with van der Waals surface area (Å²) in [4.78, 5) is 10.9. The molecule has 0 bridgehead atoms. The van der Waals surface area contributed by atoms with Crippen molar-refractivity contribution in [2.24, 2.45) is 11.7 Å². The minimum Gasteiger partial charge on any atom is -0.356 e. The molecule has 0 saturated carbocycles. The number of carbonyl (C=O) groups is 1. The molecular weight excluding hydrogens is 140 g/mol. The molecule has 0 radical (unpaired) electrons. The van der Waals surface area contributed by atoms with Crippen molar-refractivity contribution in [2.45, 2.75) is 25.7 Å². The van der Waals surface area contributed by atoms with E-state index >= 15 is 0 Å². The summed E-state index contributed by atoms with van der Waals surface area (Å²) >= 11 is 0. The topological polar surface area (TPSA) is 55.1 Å². The van der Waals surface area contributed by atoms with Crippen LogP contribution in [0.25, 0.3) is 0 Å². The Bertz CT molecular complexity index is 136. The highest BCUT2D eigenvalue weighted by atomic mass is 16.1. The van der Waals surface area contributed by atoms with Gasteiger partial charge in [-0.15, -0.1) is 0 Å². The zero-order valence-electron chi connectivity index (χ0n) is 6.81. The van der Waals surface area contributed by atoms with Crippen LogP contribution >= 0.6 is 0 Å². The third kappa shape index (κ3) is 2.89. The van der Waals surface area contributed by atoms with Gasteiger partial charge < -0.3 is 11.1 Å². The van der Waals surface area contributed by atoms with Gasteiger partial charge >= 0.3 is 0 Å². The van der Waals surface area contributed by atoms with Gasteiger partial charge in [-0.2, -0.15) is 0 Å². The fourth-order valence-electron chi connectivity index (χ4n) is 1.51. The van der Waals surface area contributed by atoms with E-state index in [9.17, 15) is 4.79 Å². The van der Waals surface area contributed by atoms with E-state index in [0.29, 0.717) is 12.3 Å². The Morgan fingerprint density at radius 1 is 1.55 bits per heavy atom. The molecule has 0 unspecified atom stereocenters. The molecule has 1 aliphatic heterocycles. The van der Waals surface area contributed by atoms with E-state index in [1.807, 2.05) is 0 Å². The first-order chi connectivity index (χ1) is 5.33. The van der Waals surface area contributed by atoms with Crippen molar-refractivity contribution >= 4 is 5.91 Å². The molecule has 1 atom stereocenters. The van der Waals surface area contributed by atoms with Gasteiger partial charge in [-0.25, -0.2) is 0 Å². The standard InChI is InChI=1S/C8H16N2O/c9-5-3-7-1-2-8(11)10-6-4-7/h7H,1-6,9H2,(H,10,11)/t7-/m0/s1. The molecular formula is C8H16N2O. The third-order valence-electron chi connectivity index (χ3n) is 2.23. The summed E-state index contributed by atoms with van der Waals surface area (Å²) in [6.45, 7) is 1.59. The van der Waals surface area contributed by atoms with Crippen molar-refractivity contribution in [3.8, 4) is 0 Å². The number of nitrogens with two attached hydrogens (primary N) is 1. The van der Waals surface area contributed by atoms with Gasteiger partial charge in [0.05, 0.1) is 0 Å². The number of carbonyl (C=O) groups excluding carboxylic acids is 1. The van der Waals surface area contributed by atoms with Crippen LogP contribution in [0.3, 0.4) is 0 Å². The summed E-state index contributed by atoms with van der Waals surface area (Å²) in [5, 5.41) is 2.85. The smallest absolute Gasteiger partial charge is 0.220 e. The number of hydrogen-bond donors (Lipinski definition) is 2. The van der Waals surface area contributed by atoms with Crippen molar-refractivity contribution in [2.75, 3.05) is 13.1 Å². The average molecular weight is 156 g/mol. The summed E-state index contributed by atoms with van der Waals surface area (Å²) in [6, 6.07) is 0. The molecule has 1 saturated heterocycles. The maximum absolute atomic E-state index is 10.9. The lowest BCUT2D eigenvalue weighted by Crippen LogP contribution is -2.21. The van der Waals surface area contributed by atoms with Gasteiger partial charge in [0, 0.05) is 13.0 Å². The highest BCUT2D eigenvalue weighted by molar-refractivity contribution is 5.76. The molecule has 0 aromatic heterocycles. The Hall–Kier alpha value is -0.570. The second kappa shape index (κ2) is 4.34. The minimum atomic E-state index is 0.199. The van der Waals surface area contributed by atoms with E-state index in [1.165, 1.54) is 0 Å². The molecule has 1 aliphatic rings. The first-order valence-electron chi connectivity index (χ1n) is 4.29. The summed E-state index contributed by atoms with van der Waals surface area (Å²) in [5.74, 6) is 0.864. The van der Waals surface area contributed by atoms with Crippen LogP contribution in [0.2, 0.25) is 0 Å². The fraction of sp³-hybridized carbons (Fsp3) is 0.875. The molecule has 1 amide bonds. The quantitative estimate of drug-likeness (QED) is 0.602. The number of rotatable bonds is 2. The lowest BCUT2D eigenvalue weighted by Gasteiger charge is -2.09. The zero-order chi connectivity index (χ0) is 8.10. The maximum Gasteiger partial charge on any atom is 0.220 e. The third-order valence-corrected chi connectivity index (χ3v) is 2.23. The Labute approximate surface area is 67.3 Å². The molecule has 3 nitrogen and oxygen atoms in total. The van der Waals surface area contributed by atoms with Crippen LogP contribution in [-0.4, -0.2) is 19.0 Å². The van der Waals surface area contributed by atoms with Gasteiger partial charge in [0.1, 0.15) is 0 Å². The van der Waals surface area contributed by atoms with Crippen LogP contribution in [0.4, 0.5) is 0 Å². The van der Waals surface area contributed by atoms with Gasteiger partial charge in [0.2, 0.25) is 5.91 Å². The monoisotopic (exact) mass is 156 g/mol. The van der Waals surface area contributed by atoms with Crippen molar-refractivity contribution in [3.05, 3.63) is 0 Å². The molecule has 0 aromatic carbocycles. The predicted octanol–water partition coefficient (Wildman–Crippen LogP) is 0.251. The second-order valence-corrected chi connectivity index (χ2v) is 3.12.